The molecule has 0 unspecified atom stereocenters. The van der Waals surface area contributed by atoms with E-state index in [0.717, 1.165) is 22.5 Å². The van der Waals surface area contributed by atoms with Gasteiger partial charge in [0, 0.05) is 12.1 Å². The van der Waals surface area contributed by atoms with E-state index in [2.05, 4.69) is 15.8 Å². The summed E-state index contributed by atoms with van der Waals surface area (Å²) in [7, 11) is 1.38. The molecule has 0 aliphatic carbocycles. The summed E-state index contributed by atoms with van der Waals surface area (Å²) in [4.78, 5) is 26.6. The Bertz CT molecular complexity index is 1050. The average molecular weight is 361 g/mol. The van der Waals surface area contributed by atoms with Crippen molar-refractivity contribution in [1.29, 1.82) is 5.26 Å². The standard InChI is InChI=1S/C21H19N3O3/c1-14-20(17-8-3-15(4-9-17)7-12-19(25)27-2)23-21(26)24(14)18-10-5-16(13-22)6-11-18/h3-6,8-11H,7,12H2,1-2H3,(H,23,26). The first-order valence-corrected chi connectivity index (χ1v) is 8.51. The molecule has 27 heavy (non-hydrogen) atoms. The minimum Gasteiger partial charge on any atom is -0.469 e. The third-order valence-corrected chi connectivity index (χ3v) is 4.47. The van der Waals surface area contributed by atoms with E-state index in [1.807, 2.05) is 31.2 Å². The van der Waals surface area contributed by atoms with Gasteiger partial charge in [-0.1, -0.05) is 24.3 Å². The Morgan fingerprint density at radius 3 is 2.41 bits per heavy atom. The zero-order valence-corrected chi connectivity index (χ0v) is 15.2. The van der Waals surface area contributed by atoms with Crippen LogP contribution in [0, 0.1) is 18.3 Å². The highest BCUT2D eigenvalue weighted by atomic mass is 16.5. The number of aryl methyl sites for hydroxylation is 1. The second-order valence-electron chi connectivity index (χ2n) is 6.16. The Labute approximate surface area is 156 Å². The van der Waals surface area contributed by atoms with Crippen molar-refractivity contribution in [2.75, 3.05) is 7.11 Å². The number of H-pyrrole nitrogens is 1. The fourth-order valence-corrected chi connectivity index (χ4v) is 2.98. The lowest BCUT2D eigenvalue weighted by Crippen LogP contribution is -2.15. The number of aromatic amines is 1. The van der Waals surface area contributed by atoms with Gasteiger partial charge in [0.2, 0.25) is 0 Å². The molecule has 0 spiro atoms. The lowest BCUT2D eigenvalue weighted by molar-refractivity contribution is -0.140. The minimum absolute atomic E-state index is 0.234. The molecule has 1 heterocycles. The molecule has 0 aliphatic heterocycles. The predicted molar refractivity (Wildman–Crippen MR) is 102 cm³/mol. The van der Waals surface area contributed by atoms with Gasteiger partial charge in [0.25, 0.3) is 0 Å². The van der Waals surface area contributed by atoms with Crippen molar-refractivity contribution in [3.05, 3.63) is 75.8 Å². The van der Waals surface area contributed by atoms with Crippen LogP contribution in [0.3, 0.4) is 0 Å². The Kier molecular flexibility index (Phi) is 5.23. The Morgan fingerprint density at radius 2 is 1.81 bits per heavy atom. The maximum Gasteiger partial charge on any atom is 0.330 e. The van der Waals surface area contributed by atoms with E-state index in [1.165, 1.54) is 7.11 Å². The monoisotopic (exact) mass is 361 g/mol. The summed E-state index contributed by atoms with van der Waals surface area (Å²) in [5.41, 5.74) is 4.45. The number of nitrogens with zero attached hydrogens (tertiary/aromatic N) is 2. The van der Waals surface area contributed by atoms with Crippen molar-refractivity contribution < 1.29 is 9.53 Å². The quantitative estimate of drug-likeness (QED) is 0.707. The number of nitrogens with one attached hydrogen (secondary N) is 1. The minimum atomic E-state index is -0.237. The van der Waals surface area contributed by atoms with Crippen LogP contribution in [0.4, 0.5) is 0 Å². The van der Waals surface area contributed by atoms with Crippen molar-refractivity contribution in [1.82, 2.24) is 9.55 Å². The highest BCUT2D eigenvalue weighted by molar-refractivity contribution is 5.69. The molecule has 3 aromatic rings. The van der Waals surface area contributed by atoms with E-state index < -0.39 is 0 Å². The first-order valence-electron chi connectivity index (χ1n) is 8.51. The maximum absolute atomic E-state index is 12.5. The number of hydrogen-bond acceptors (Lipinski definition) is 4. The number of benzene rings is 2. The lowest BCUT2D eigenvalue weighted by atomic mass is 10.0. The summed E-state index contributed by atoms with van der Waals surface area (Å²) in [6.07, 6.45) is 0.940. The highest BCUT2D eigenvalue weighted by Gasteiger charge is 2.13. The van der Waals surface area contributed by atoms with Crippen molar-refractivity contribution >= 4 is 5.97 Å². The molecule has 0 radical (unpaired) electrons. The van der Waals surface area contributed by atoms with Crippen LogP contribution < -0.4 is 5.69 Å². The van der Waals surface area contributed by atoms with Crippen LogP contribution >= 0.6 is 0 Å². The number of hydrogen-bond donors (Lipinski definition) is 1. The van der Waals surface area contributed by atoms with Crippen LogP contribution in [0.15, 0.2) is 53.3 Å². The average Bonchev–Trinajstić information content (AvgIpc) is 3.00. The van der Waals surface area contributed by atoms with Gasteiger partial charge in [0.15, 0.2) is 0 Å². The zero-order chi connectivity index (χ0) is 19.4. The molecule has 1 aromatic heterocycles. The van der Waals surface area contributed by atoms with Gasteiger partial charge in [0.1, 0.15) is 0 Å². The number of esters is 1. The first kappa shape index (κ1) is 18.2. The topological polar surface area (TPSA) is 87.9 Å². The third-order valence-electron chi connectivity index (χ3n) is 4.47. The molecule has 136 valence electrons. The molecule has 0 saturated carbocycles. The Balaban J connectivity index is 1.88. The fourth-order valence-electron chi connectivity index (χ4n) is 2.98. The molecule has 1 N–H and O–H groups in total. The number of imidazole rings is 1. The summed E-state index contributed by atoms with van der Waals surface area (Å²) < 4.78 is 6.24. The van der Waals surface area contributed by atoms with E-state index >= 15 is 0 Å². The molecular formula is C21H19N3O3. The summed E-state index contributed by atoms with van der Waals surface area (Å²) in [5, 5.41) is 8.92. The number of rotatable bonds is 5. The fraction of sp³-hybridized carbons (Fsp3) is 0.190. The number of aromatic nitrogens is 2. The van der Waals surface area contributed by atoms with Gasteiger partial charge in [-0.3, -0.25) is 9.36 Å². The zero-order valence-electron chi connectivity index (χ0n) is 15.2. The van der Waals surface area contributed by atoms with Crippen LogP contribution in [0.25, 0.3) is 16.9 Å². The maximum atomic E-state index is 12.5. The molecule has 0 bridgehead atoms. The summed E-state index contributed by atoms with van der Waals surface area (Å²) in [6.45, 7) is 1.87. The van der Waals surface area contributed by atoms with Gasteiger partial charge >= 0.3 is 11.7 Å². The molecule has 3 rings (SSSR count). The molecule has 0 aliphatic rings. The second-order valence-corrected chi connectivity index (χ2v) is 6.16. The van der Waals surface area contributed by atoms with Gasteiger partial charge in [-0.2, -0.15) is 5.26 Å². The number of ether oxygens (including phenoxy) is 1. The smallest absolute Gasteiger partial charge is 0.330 e. The molecule has 0 saturated heterocycles. The molecule has 6 heteroatoms. The SMILES string of the molecule is COC(=O)CCc1ccc(-c2[nH]c(=O)n(-c3ccc(C#N)cc3)c2C)cc1. The largest absolute Gasteiger partial charge is 0.469 e. The van der Waals surface area contributed by atoms with Crippen molar-refractivity contribution in [2.45, 2.75) is 19.8 Å². The van der Waals surface area contributed by atoms with E-state index in [-0.39, 0.29) is 11.7 Å². The highest BCUT2D eigenvalue weighted by Crippen LogP contribution is 2.23. The van der Waals surface area contributed by atoms with Crippen LogP contribution in [-0.2, 0) is 16.0 Å². The molecule has 0 fully saturated rings. The van der Waals surface area contributed by atoms with Crippen molar-refractivity contribution in [2.24, 2.45) is 0 Å². The second kappa shape index (κ2) is 7.75. The molecule has 6 nitrogen and oxygen atoms in total. The predicted octanol–water partition coefficient (Wildman–Crippen LogP) is 3.12. The Morgan fingerprint density at radius 1 is 1.15 bits per heavy atom. The number of carbonyl (C=O) groups is 1. The lowest BCUT2D eigenvalue weighted by Gasteiger charge is -2.06. The summed E-state index contributed by atoms with van der Waals surface area (Å²) >= 11 is 0. The van der Waals surface area contributed by atoms with Crippen LogP contribution in [0.2, 0.25) is 0 Å². The third kappa shape index (κ3) is 3.82. The van der Waals surface area contributed by atoms with Crippen LogP contribution in [0.1, 0.15) is 23.2 Å². The number of nitriles is 1. The van der Waals surface area contributed by atoms with E-state index in [4.69, 9.17) is 5.26 Å². The molecule has 0 amide bonds. The number of methoxy groups -OCH3 is 1. The van der Waals surface area contributed by atoms with Gasteiger partial charge in [0.05, 0.1) is 30.1 Å². The van der Waals surface area contributed by atoms with Crippen LogP contribution in [-0.4, -0.2) is 22.6 Å². The van der Waals surface area contributed by atoms with E-state index in [0.29, 0.717) is 24.1 Å². The Hall–Kier alpha value is -3.59. The molecule has 0 atom stereocenters. The normalized spacial score (nSPS) is 10.4. The summed E-state index contributed by atoms with van der Waals surface area (Å²) in [6, 6.07) is 16.7. The van der Waals surface area contributed by atoms with Gasteiger partial charge in [-0.05, 0) is 48.7 Å². The molecule has 2 aromatic carbocycles. The molecular weight excluding hydrogens is 342 g/mol. The van der Waals surface area contributed by atoms with Crippen molar-refractivity contribution in [3.8, 4) is 23.0 Å². The van der Waals surface area contributed by atoms with Gasteiger partial charge in [-0.25, -0.2) is 4.79 Å². The van der Waals surface area contributed by atoms with Crippen LogP contribution in [0.5, 0.6) is 0 Å². The van der Waals surface area contributed by atoms with Crippen molar-refractivity contribution in [3.63, 3.8) is 0 Å². The van der Waals surface area contributed by atoms with Gasteiger partial charge in [-0.15, -0.1) is 0 Å². The summed E-state index contributed by atoms with van der Waals surface area (Å²) in [5.74, 6) is -0.237. The van der Waals surface area contributed by atoms with E-state index in [1.54, 1.807) is 28.8 Å². The van der Waals surface area contributed by atoms with Gasteiger partial charge < -0.3 is 9.72 Å². The van der Waals surface area contributed by atoms with E-state index in [9.17, 15) is 9.59 Å². The number of carbonyl (C=O) groups excluding carboxylic acids is 1. The first-order chi connectivity index (χ1) is 13.0.